The van der Waals surface area contributed by atoms with Crippen molar-refractivity contribution in [1.82, 2.24) is 0 Å². The number of ether oxygens (including phenoxy) is 1. The normalized spacial score (nSPS) is 26.0. The highest BCUT2D eigenvalue weighted by Crippen LogP contribution is 2.42. The molecule has 0 fully saturated rings. The molecule has 4 N–H and O–H groups in total. The summed E-state index contributed by atoms with van der Waals surface area (Å²) in [6, 6.07) is 0. The van der Waals surface area contributed by atoms with E-state index >= 15 is 0 Å². The summed E-state index contributed by atoms with van der Waals surface area (Å²) in [5, 5.41) is 39.4. The SMILES string of the molecule is CC(=O)C(O)[C@@](O)(C(C)=O)[C@@]1(C(C)=O)OC(=O)C(O)=C1O. The number of esters is 1. The van der Waals surface area contributed by atoms with Gasteiger partial charge in [-0.05, 0) is 20.8 Å². The summed E-state index contributed by atoms with van der Waals surface area (Å²) in [7, 11) is 0. The van der Waals surface area contributed by atoms with E-state index < -0.39 is 52.1 Å². The highest BCUT2D eigenvalue weighted by molar-refractivity contribution is 6.08. The fourth-order valence-corrected chi connectivity index (χ4v) is 2.19. The molecule has 1 aliphatic heterocycles. The molecule has 116 valence electrons. The van der Waals surface area contributed by atoms with Crippen LogP contribution in [0.5, 0.6) is 0 Å². The zero-order chi connectivity index (χ0) is 16.7. The lowest BCUT2D eigenvalue weighted by Gasteiger charge is -2.41. The summed E-state index contributed by atoms with van der Waals surface area (Å²) < 4.78 is 4.49. The monoisotopic (exact) mass is 302 g/mol. The van der Waals surface area contributed by atoms with Gasteiger partial charge in [0, 0.05) is 0 Å². The Kier molecular flexibility index (Phi) is 3.95. The zero-order valence-corrected chi connectivity index (χ0v) is 11.4. The second-order valence-electron chi connectivity index (χ2n) is 4.66. The first-order valence-electron chi connectivity index (χ1n) is 5.73. The van der Waals surface area contributed by atoms with Crippen molar-refractivity contribution in [3.63, 3.8) is 0 Å². The van der Waals surface area contributed by atoms with Gasteiger partial charge in [-0.1, -0.05) is 0 Å². The maximum atomic E-state index is 11.8. The summed E-state index contributed by atoms with van der Waals surface area (Å²) in [5.74, 6) is -8.15. The third-order valence-electron chi connectivity index (χ3n) is 3.35. The summed E-state index contributed by atoms with van der Waals surface area (Å²) in [6.07, 6.45) is -2.47. The van der Waals surface area contributed by atoms with Crippen LogP contribution in [0.2, 0.25) is 0 Å². The van der Waals surface area contributed by atoms with E-state index in [-0.39, 0.29) is 0 Å². The van der Waals surface area contributed by atoms with Crippen molar-refractivity contribution in [2.45, 2.75) is 38.1 Å². The van der Waals surface area contributed by atoms with Crippen molar-refractivity contribution in [3.05, 3.63) is 11.5 Å². The molecule has 1 heterocycles. The Labute approximate surface area is 118 Å². The number of ketones is 3. The van der Waals surface area contributed by atoms with Crippen LogP contribution in [0.25, 0.3) is 0 Å². The standard InChI is InChI=1S/C12H14O9/c1-4(13)8(17)11(20,5(2)14)12(6(3)15)9(18)7(16)10(19)21-12/h8,16-18,20H,1-3H3/t8?,11-,12-/m0/s1. The van der Waals surface area contributed by atoms with Crippen LogP contribution in [0, 0.1) is 0 Å². The topological polar surface area (TPSA) is 158 Å². The molecule has 0 spiro atoms. The highest BCUT2D eigenvalue weighted by atomic mass is 16.6. The van der Waals surface area contributed by atoms with Gasteiger partial charge < -0.3 is 25.2 Å². The predicted molar refractivity (Wildman–Crippen MR) is 64.1 cm³/mol. The van der Waals surface area contributed by atoms with E-state index in [0.717, 1.165) is 13.8 Å². The third-order valence-corrected chi connectivity index (χ3v) is 3.35. The van der Waals surface area contributed by atoms with Crippen molar-refractivity contribution < 1.29 is 44.3 Å². The Balaban J connectivity index is 3.75. The van der Waals surface area contributed by atoms with Gasteiger partial charge >= 0.3 is 5.97 Å². The quantitative estimate of drug-likeness (QED) is 0.442. The molecule has 0 saturated heterocycles. The first-order chi connectivity index (χ1) is 9.44. The van der Waals surface area contributed by atoms with Crippen LogP contribution in [-0.4, -0.2) is 61.1 Å². The second kappa shape index (κ2) is 4.93. The maximum Gasteiger partial charge on any atom is 0.378 e. The van der Waals surface area contributed by atoms with Crippen molar-refractivity contribution in [2.24, 2.45) is 0 Å². The number of carbonyl (C=O) groups is 4. The number of hydrogen-bond acceptors (Lipinski definition) is 9. The Morgan fingerprint density at radius 1 is 1.19 bits per heavy atom. The molecule has 21 heavy (non-hydrogen) atoms. The molecular weight excluding hydrogens is 288 g/mol. The van der Waals surface area contributed by atoms with Crippen molar-refractivity contribution in [2.75, 3.05) is 0 Å². The first kappa shape index (κ1) is 16.8. The maximum absolute atomic E-state index is 11.8. The molecule has 3 atom stereocenters. The number of aliphatic hydroxyl groups excluding tert-OH is 3. The Bertz CT molecular complexity index is 575. The fourth-order valence-electron chi connectivity index (χ4n) is 2.19. The molecule has 0 aromatic rings. The minimum absolute atomic E-state index is 0.716. The van der Waals surface area contributed by atoms with Crippen molar-refractivity contribution in [1.29, 1.82) is 0 Å². The number of carbonyl (C=O) groups excluding carboxylic acids is 4. The molecule has 0 saturated carbocycles. The van der Waals surface area contributed by atoms with Crippen LogP contribution in [0.15, 0.2) is 11.5 Å². The zero-order valence-electron chi connectivity index (χ0n) is 11.4. The molecule has 0 aromatic carbocycles. The molecule has 1 unspecified atom stereocenters. The van der Waals surface area contributed by atoms with Crippen molar-refractivity contribution >= 4 is 23.3 Å². The molecule has 9 heteroatoms. The number of cyclic esters (lactones) is 1. The van der Waals surface area contributed by atoms with Crippen LogP contribution in [-0.2, 0) is 23.9 Å². The molecule has 0 aromatic heterocycles. The minimum atomic E-state index is -3.28. The van der Waals surface area contributed by atoms with Gasteiger partial charge in [0.05, 0.1) is 0 Å². The minimum Gasteiger partial charge on any atom is -0.504 e. The van der Waals surface area contributed by atoms with Crippen LogP contribution < -0.4 is 0 Å². The number of Topliss-reactive ketones (excluding diaryl/α,β-unsaturated/α-hetero) is 3. The van der Waals surface area contributed by atoms with Gasteiger partial charge in [-0.3, -0.25) is 14.4 Å². The number of aliphatic hydroxyl groups is 4. The predicted octanol–water partition coefficient (Wildman–Crippen LogP) is -1.53. The van der Waals surface area contributed by atoms with Gasteiger partial charge in [-0.2, -0.15) is 0 Å². The van der Waals surface area contributed by atoms with E-state index in [1.807, 2.05) is 0 Å². The van der Waals surface area contributed by atoms with E-state index in [9.17, 15) is 39.6 Å². The third kappa shape index (κ3) is 1.93. The van der Waals surface area contributed by atoms with E-state index in [1.165, 1.54) is 0 Å². The van der Waals surface area contributed by atoms with Gasteiger partial charge in [-0.15, -0.1) is 0 Å². The molecule has 0 amide bonds. The number of hydrogen-bond donors (Lipinski definition) is 4. The fraction of sp³-hybridized carbons (Fsp3) is 0.500. The average molecular weight is 302 g/mol. The molecular formula is C12H14O9. The van der Waals surface area contributed by atoms with E-state index in [1.54, 1.807) is 0 Å². The van der Waals surface area contributed by atoms with Crippen LogP contribution in [0.3, 0.4) is 0 Å². The Morgan fingerprint density at radius 2 is 1.67 bits per heavy atom. The highest BCUT2D eigenvalue weighted by Gasteiger charge is 2.71. The molecule has 9 nitrogen and oxygen atoms in total. The van der Waals surface area contributed by atoms with Gasteiger partial charge in [-0.25, -0.2) is 4.79 Å². The van der Waals surface area contributed by atoms with Gasteiger partial charge in [0.25, 0.3) is 5.60 Å². The summed E-state index contributed by atoms with van der Waals surface area (Å²) in [5.41, 5.74) is -6.38. The largest absolute Gasteiger partial charge is 0.504 e. The second-order valence-corrected chi connectivity index (χ2v) is 4.66. The molecule has 0 bridgehead atoms. The lowest BCUT2D eigenvalue weighted by atomic mass is 9.71. The number of rotatable bonds is 5. The lowest BCUT2D eigenvalue weighted by Crippen LogP contribution is -2.70. The molecule has 0 radical (unpaired) electrons. The lowest BCUT2D eigenvalue weighted by molar-refractivity contribution is -0.207. The van der Waals surface area contributed by atoms with Gasteiger partial charge in [0.15, 0.2) is 29.2 Å². The van der Waals surface area contributed by atoms with E-state index in [4.69, 9.17) is 0 Å². The Morgan fingerprint density at radius 3 is 1.90 bits per heavy atom. The molecule has 1 rings (SSSR count). The molecule has 1 aliphatic rings. The summed E-state index contributed by atoms with van der Waals surface area (Å²) >= 11 is 0. The van der Waals surface area contributed by atoms with Gasteiger partial charge in [0.1, 0.15) is 0 Å². The van der Waals surface area contributed by atoms with E-state index in [2.05, 4.69) is 4.74 Å². The average Bonchev–Trinajstić information content (AvgIpc) is 2.62. The van der Waals surface area contributed by atoms with Crippen LogP contribution in [0.1, 0.15) is 20.8 Å². The van der Waals surface area contributed by atoms with Crippen LogP contribution >= 0.6 is 0 Å². The van der Waals surface area contributed by atoms with Crippen molar-refractivity contribution in [3.8, 4) is 0 Å². The van der Waals surface area contributed by atoms with Gasteiger partial charge in [0.2, 0.25) is 11.4 Å². The van der Waals surface area contributed by atoms with E-state index in [0.29, 0.717) is 6.92 Å². The smallest absolute Gasteiger partial charge is 0.378 e. The summed E-state index contributed by atoms with van der Waals surface area (Å²) in [6.45, 7) is 2.26. The van der Waals surface area contributed by atoms with Crippen LogP contribution in [0.4, 0.5) is 0 Å². The first-order valence-corrected chi connectivity index (χ1v) is 5.73. The molecule has 0 aliphatic carbocycles. The summed E-state index contributed by atoms with van der Waals surface area (Å²) in [4.78, 5) is 46.2. The Hall–Kier alpha value is -2.26.